The van der Waals surface area contributed by atoms with E-state index in [0.29, 0.717) is 23.9 Å². The fourth-order valence-electron chi connectivity index (χ4n) is 2.79. The van der Waals surface area contributed by atoms with Gasteiger partial charge in [0.15, 0.2) is 0 Å². The molecule has 0 spiro atoms. The molecule has 2 aromatic carbocycles. The average Bonchev–Trinajstić information content (AvgIpc) is 3.11. The number of primary amides is 1. The van der Waals surface area contributed by atoms with Crippen LogP contribution in [0.15, 0.2) is 36.4 Å². The highest BCUT2D eigenvalue weighted by Gasteiger charge is 2.27. The number of nitrogens with one attached hydrogen (secondary N) is 1. The largest absolute Gasteiger partial charge is 0.506 e. The van der Waals surface area contributed by atoms with E-state index in [0.717, 1.165) is 0 Å². The molecule has 0 bridgehead atoms. The number of aliphatic hydroxyl groups is 1. The Balaban J connectivity index is 1.49. The number of carbonyl (C=O) groups is 1. The van der Waals surface area contributed by atoms with Crippen LogP contribution in [0.1, 0.15) is 0 Å². The van der Waals surface area contributed by atoms with Crippen LogP contribution in [-0.4, -0.2) is 59.8 Å². The summed E-state index contributed by atoms with van der Waals surface area (Å²) in [6.07, 6.45) is -1.11. The maximum absolute atomic E-state index is 11.1. The number of ether oxygens (including phenoxy) is 2. The predicted octanol–water partition coefficient (Wildman–Crippen LogP) is 2.62. The molecular weight excluding hydrogens is 437 g/mol. The van der Waals surface area contributed by atoms with Gasteiger partial charge in [-0.2, -0.15) is 5.06 Å². The Morgan fingerprint density at radius 2 is 2.07 bits per heavy atom. The maximum atomic E-state index is 11.1. The van der Waals surface area contributed by atoms with Crippen LogP contribution in [0.3, 0.4) is 0 Å². The lowest BCUT2D eigenvalue weighted by atomic mass is 10.2. The van der Waals surface area contributed by atoms with Crippen molar-refractivity contribution in [3.63, 3.8) is 0 Å². The first-order chi connectivity index (χ1) is 14.3. The SMILES string of the molecule is NC(=O)Nc1cc(Cl)c(O)cc1OC[C@@H](O)CN1C[C@@H](Oc2ccc(Cl)cc2)CO1. The van der Waals surface area contributed by atoms with Gasteiger partial charge in [0.25, 0.3) is 0 Å². The van der Waals surface area contributed by atoms with Crippen LogP contribution in [0.5, 0.6) is 17.2 Å². The number of β-amino-alcohol motifs (C(OH)–C–C–N with tert-alkyl or cyclic N) is 1. The van der Waals surface area contributed by atoms with E-state index < -0.39 is 12.1 Å². The van der Waals surface area contributed by atoms with Crippen LogP contribution in [0.4, 0.5) is 10.5 Å². The Bertz CT molecular complexity index is 883. The van der Waals surface area contributed by atoms with Crippen molar-refractivity contribution >= 4 is 34.9 Å². The summed E-state index contributed by atoms with van der Waals surface area (Å²) >= 11 is 11.7. The molecule has 0 unspecified atom stereocenters. The summed E-state index contributed by atoms with van der Waals surface area (Å²) < 4.78 is 11.3. The minimum Gasteiger partial charge on any atom is -0.506 e. The zero-order valence-electron chi connectivity index (χ0n) is 15.8. The average molecular weight is 458 g/mol. The van der Waals surface area contributed by atoms with E-state index in [1.54, 1.807) is 29.3 Å². The second-order valence-corrected chi connectivity index (χ2v) is 7.43. The molecule has 1 heterocycles. The van der Waals surface area contributed by atoms with Gasteiger partial charge in [-0.15, -0.1) is 0 Å². The van der Waals surface area contributed by atoms with E-state index in [-0.39, 0.29) is 41.5 Å². The standard InChI is InChI=1S/C19H21Cl2N3O6/c20-11-1-3-13(4-2-11)30-14-8-24(29-10-14)7-12(25)9-28-18-6-17(26)15(21)5-16(18)23-19(22)27/h1-6,12,14,25-26H,7-10H2,(H3,22,23,27)/t12-,14+/m0/s1. The van der Waals surface area contributed by atoms with E-state index in [2.05, 4.69) is 5.32 Å². The van der Waals surface area contributed by atoms with Gasteiger partial charge in [0.1, 0.15) is 42.7 Å². The molecule has 1 saturated heterocycles. The first kappa shape index (κ1) is 22.3. The lowest BCUT2D eigenvalue weighted by molar-refractivity contribution is -0.131. The third kappa shape index (κ3) is 6.28. The molecular formula is C19H21Cl2N3O6. The summed E-state index contributed by atoms with van der Waals surface area (Å²) in [4.78, 5) is 16.7. The number of hydrogen-bond donors (Lipinski definition) is 4. The molecule has 0 radical (unpaired) electrons. The van der Waals surface area contributed by atoms with Crippen LogP contribution in [0, 0.1) is 0 Å². The van der Waals surface area contributed by atoms with Crippen LogP contribution in [0.25, 0.3) is 0 Å². The lowest BCUT2D eigenvalue weighted by Crippen LogP contribution is -2.34. The minimum absolute atomic E-state index is 0.0174. The van der Waals surface area contributed by atoms with E-state index in [1.165, 1.54) is 12.1 Å². The fraction of sp³-hybridized carbons (Fsp3) is 0.316. The number of nitrogens with zero attached hydrogens (tertiary/aromatic N) is 1. The summed E-state index contributed by atoms with van der Waals surface area (Å²) in [5, 5.41) is 24.6. The molecule has 5 N–H and O–H groups in total. The molecule has 0 aliphatic carbocycles. The predicted molar refractivity (Wildman–Crippen MR) is 111 cm³/mol. The molecule has 11 heteroatoms. The Hall–Kier alpha value is -2.43. The molecule has 2 amide bonds. The van der Waals surface area contributed by atoms with Crippen molar-refractivity contribution < 1.29 is 29.3 Å². The number of aromatic hydroxyl groups is 1. The van der Waals surface area contributed by atoms with Crippen molar-refractivity contribution in [3.8, 4) is 17.2 Å². The number of phenols is 1. The molecule has 1 fully saturated rings. The molecule has 2 aromatic rings. The van der Waals surface area contributed by atoms with Gasteiger partial charge in [0.2, 0.25) is 0 Å². The first-order valence-corrected chi connectivity index (χ1v) is 9.75. The summed E-state index contributed by atoms with van der Waals surface area (Å²) in [5.74, 6) is 0.554. The molecule has 9 nitrogen and oxygen atoms in total. The number of urea groups is 1. The summed E-state index contributed by atoms with van der Waals surface area (Å²) in [6.45, 7) is 0.833. The zero-order chi connectivity index (χ0) is 21.7. The van der Waals surface area contributed by atoms with Crippen molar-refractivity contribution in [3.05, 3.63) is 46.4 Å². The van der Waals surface area contributed by atoms with E-state index in [9.17, 15) is 15.0 Å². The van der Waals surface area contributed by atoms with Crippen LogP contribution < -0.4 is 20.5 Å². The number of rotatable bonds is 8. The monoisotopic (exact) mass is 457 g/mol. The number of carbonyl (C=O) groups excluding carboxylic acids is 1. The van der Waals surface area contributed by atoms with Crippen LogP contribution >= 0.6 is 23.2 Å². The van der Waals surface area contributed by atoms with Crippen molar-refractivity contribution in [1.29, 1.82) is 0 Å². The van der Waals surface area contributed by atoms with Gasteiger partial charge >= 0.3 is 6.03 Å². The first-order valence-electron chi connectivity index (χ1n) is 9.00. The molecule has 3 rings (SSSR count). The number of hydrogen-bond acceptors (Lipinski definition) is 7. The van der Waals surface area contributed by atoms with Gasteiger partial charge in [-0.25, -0.2) is 4.79 Å². The number of benzene rings is 2. The number of aliphatic hydroxyl groups excluding tert-OH is 1. The van der Waals surface area contributed by atoms with Crippen LogP contribution in [-0.2, 0) is 4.84 Å². The Kier molecular flexibility index (Phi) is 7.46. The second-order valence-electron chi connectivity index (χ2n) is 6.59. The Morgan fingerprint density at radius 1 is 1.33 bits per heavy atom. The number of nitrogens with two attached hydrogens (primary N) is 1. The number of hydroxylamine groups is 2. The van der Waals surface area contributed by atoms with Crippen molar-refractivity contribution in [2.24, 2.45) is 5.73 Å². The number of phenolic OH excluding ortho intramolecular Hbond substituents is 1. The summed E-state index contributed by atoms with van der Waals surface area (Å²) in [6, 6.07) is 8.72. The van der Waals surface area contributed by atoms with Gasteiger partial charge in [-0.1, -0.05) is 23.2 Å². The van der Waals surface area contributed by atoms with Crippen molar-refractivity contribution in [2.45, 2.75) is 12.2 Å². The Morgan fingerprint density at radius 3 is 2.77 bits per heavy atom. The van der Waals surface area contributed by atoms with Crippen molar-refractivity contribution in [1.82, 2.24) is 5.06 Å². The van der Waals surface area contributed by atoms with Gasteiger partial charge in [-0.05, 0) is 30.3 Å². The van der Waals surface area contributed by atoms with Crippen molar-refractivity contribution in [2.75, 3.05) is 31.6 Å². The summed E-state index contributed by atoms with van der Waals surface area (Å²) in [7, 11) is 0. The molecule has 1 aliphatic heterocycles. The van der Waals surface area contributed by atoms with E-state index in [1.807, 2.05) is 0 Å². The van der Waals surface area contributed by atoms with Gasteiger partial charge in [-0.3, -0.25) is 4.84 Å². The third-order valence-corrected chi connectivity index (χ3v) is 4.67. The molecule has 0 saturated carbocycles. The minimum atomic E-state index is -0.918. The molecule has 2 atom stereocenters. The zero-order valence-corrected chi connectivity index (χ0v) is 17.3. The van der Waals surface area contributed by atoms with Gasteiger partial charge < -0.3 is 30.7 Å². The van der Waals surface area contributed by atoms with Gasteiger partial charge in [0.05, 0.1) is 23.8 Å². The quantitative estimate of drug-likeness (QED) is 0.448. The van der Waals surface area contributed by atoms with Crippen LogP contribution in [0.2, 0.25) is 10.0 Å². The maximum Gasteiger partial charge on any atom is 0.316 e. The smallest absolute Gasteiger partial charge is 0.316 e. The highest BCUT2D eigenvalue weighted by Crippen LogP contribution is 2.35. The fourth-order valence-corrected chi connectivity index (χ4v) is 3.08. The third-order valence-electron chi connectivity index (χ3n) is 4.12. The number of halogens is 2. The molecule has 0 aromatic heterocycles. The number of amides is 2. The summed E-state index contributed by atoms with van der Waals surface area (Å²) in [5.41, 5.74) is 5.29. The molecule has 1 aliphatic rings. The number of anilines is 1. The normalized spacial score (nSPS) is 17.5. The van der Waals surface area contributed by atoms with E-state index in [4.69, 9.17) is 43.2 Å². The highest BCUT2D eigenvalue weighted by molar-refractivity contribution is 6.32. The Labute approximate surface area is 182 Å². The lowest BCUT2D eigenvalue weighted by Gasteiger charge is -2.20. The molecule has 30 heavy (non-hydrogen) atoms. The topological polar surface area (TPSA) is 127 Å². The highest BCUT2D eigenvalue weighted by atomic mass is 35.5. The second kappa shape index (κ2) is 10.1. The van der Waals surface area contributed by atoms with Gasteiger partial charge in [0, 0.05) is 11.1 Å². The molecule has 162 valence electrons. The van der Waals surface area contributed by atoms with E-state index >= 15 is 0 Å².